The monoisotopic (exact) mass is 251 g/mol. The van der Waals surface area contributed by atoms with Crippen molar-refractivity contribution in [2.24, 2.45) is 5.92 Å². The summed E-state index contributed by atoms with van der Waals surface area (Å²) in [6.45, 7) is 8.40. The van der Waals surface area contributed by atoms with Crippen LogP contribution >= 0.6 is 11.6 Å². The number of ether oxygens (including phenoxy) is 2. The Hall–Kier alpha value is 0.170. The molecule has 0 N–H and O–H groups in total. The molecule has 0 saturated heterocycles. The number of hydrogen-bond donors (Lipinski definition) is 0. The van der Waals surface area contributed by atoms with Gasteiger partial charge in [0.2, 0.25) is 0 Å². The molecule has 1 atom stereocenters. The molecular formula is C12H26ClNO2. The number of halogens is 1. The maximum atomic E-state index is 6.05. The molecule has 0 radical (unpaired) electrons. The van der Waals surface area contributed by atoms with Crippen molar-refractivity contribution in [3.63, 3.8) is 0 Å². The van der Waals surface area contributed by atoms with Crippen molar-refractivity contribution in [1.29, 1.82) is 0 Å². The summed E-state index contributed by atoms with van der Waals surface area (Å²) < 4.78 is 10.5. The van der Waals surface area contributed by atoms with Crippen LogP contribution in [0.5, 0.6) is 0 Å². The van der Waals surface area contributed by atoms with E-state index in [0.717, 1.165) is 32.7 Å². The van der Waals surface area contributed by atoms with Crippen molar-refractivity contribution in [1.82, 2.24) is 4.90 Å². The normalized spacial score (nSPS) is 13.7. The summed E-state index contributed by atoms with van der Waals surface area (Å²) in [5, 5.41) is 0.0608. The lowest BCUT2D eigenvalue weighted by Crippen LogP contribution is -2.31. The number of nitrogens with zero attached hydrogens (tertiary/aromatic N) is 1. The zero-order chi connectivity index (χ0) is 12.4. The van der Waals surface area contributed by atoms with Gasteiger partial charge in [0.05, 0.1) is 18.6 Å². The van der Waals surface area contributed by atoms with E-state index >= 15 is 0 Å². The summed E-state index contributed by atoms with van der Waals surface area (Å²) in [7, 11) is 3.72. The van der Waals surface area contributed by atoms with Crippen molar-refractivity contribution in [3.05, 3.63) is 0 Å². The molecular weight excluding hydrogens is 226 g/mol. The minimum absolute atomic E-state index is 0.0608. The highest BCUT2D eigenvalue weighted by molar-refractivity contribution is 6.20. The Morgan fingerprint density at radius 3 is 2.50 bits per heavy atom. The molecule has 0 aromatic heterocycles. The molecule has 16 heavy (non-hydrogen) atoms. The SMILES string of the molecule is COCC(Cl)CN(C)CCOCCC(C)C. The Labute approximate surface area is 105 Å². The van der Waals surface area contributed by atoms with E-state index in [-0.39, 0.29) is 5.38 Å². The van der Waals surface area contributed by atoms with Gasteiger partial charge in [0.1, 0.15) is 0 Å². The molecule has 0 rings (SSSR count). The maximum absolute atomic E-state index is 6.05. The van der Waals surface area contributed by atoms with Crippen LogP contribution in [0.4, 0.5) is 0 Å². The molecule has 0 saturated carbocycles. The third-order valence-corrected chi connectivity index (χ3v) is 2.58. The first-order valence-corrected chi connectivity index (χ1v) is 6.39. The maximum Gasteiger partial charge on any atom is 0.0696 e. The highest BCUT2D eigenvalue weighted by Crippen LogP contribution is 2.00. The largest absolute Gasteiger partial charge is 0.383 e. The zero-order valence-electron chi connectivity index (χ0n) is 11.0. The molecule has 4 heteroatoms. The predicted octanol–water partition coefficient (Wildman–Crippen LogP) is 2.23. The van der Waals surface area contributed by atoms with Crippen LogP contribution < -0.4 is 0 Å². The number of hydrogen-bond acceptors (Lipinski definition) is 3. The Morgan fingerprint density at radius 1 is 1.25 bits per heavy atom. The van der Waals surface area contributed by atoms with Gasteiger partial charge in [0.15, 0.2) is 0 Å². The van der Waals surface area contributed by atoms with Gasteiger partial charge < -0.3 is 14.4 Å². The average molecular weight is 252 g/mol. The number of rotatable bonds is 10. The van der Waals surface area contributed by atoms with Crippen molar-refractivity contribution in [3.8, 4) is 0 Å². The summed E-state index contributed by atoms with van der Waals surface area (Å²) in [5.41, 5.74) is 0. The predicted molar refractivity (Wildman–Crippen MR) is 69.3 cm³/mol. The van der Waals surface area contributed by atoms with Crippen LogP contribution in [0.1, 0.15) is 20.3 Å². The van der Waals surface area contributed by atoms with Gasteiger partial charge in [-0.05, 0) is 19.4 Å². The Balaban J connectivity index is 3.33. The zero-order valence-corrected chi connectivity index (χ0v) is 11.8. The molecule has 0 aliphatic rings. The summed E-state index contributed by atoms with van der Waals surface area (Å²) in [6.07, 6.45) is 1.13. The average Bonchev–Trinajstić information content (AvgIpc) is 2.16. The van der Waals surface area contributed by atoms with Gasteiger partial charge in [0.25, 0.3) is 0 Å². The summed E-state index contributed by atoms with van der Waals surface area (Å²) in [5.74, 6) is 0.714. The molecule has 0 bridgehead atoms. The Bertz CT molecular complexity index is 156. The number of alkyl halides is 1. The van der Waals surface area contributed by atoms with E-state index in [9.17, 15) is 0 Å². The fourth-order valence-electron chi connectivity index (χ4n) is 1.30. The topological polar surface area (TPSA) is 21.7 Å². The molecule has 0 aromatic rings. The van der Waals surface area contributed by atoms with Gasteiger partial charge in [-0.3, -0.25) is 0 Å². The van der Waals surface area contributed by atoms with Crippen molar-refractivity contribution >= 4 is 11.6 Å². The Kier molecular flexibility index (Phi) is 10.4. The summed E-state index contributed by atoms with van der Waals surface area (Å²) >= 11 is 6.05. The van der Waals surface area contributed by atoms with E-state index < -0.39 is 0 Å². The fourth-order valence-corrected chi connectivity index (χ4v) is 1.67. The van der Waals surface area contributed by atoms with E-state index in [1.54, 1.807) is 7.11 Å². The van der Waals surface area contributed by atoms with Crippen molar-refractivity contribution < 1.29 is 9.47 Å². The number of likely N-dealkylation sites (N-methyl/N-ethyl adjacent to an activating group) is 1. The standard InChI is InChI=1S/C12H26ClNO2/c1-11(2)5-7-16-8-6-14(3)9-12(13)10-15-4/h11-12H,5-10H2,1-4H3. The van der Waals surface area contributed by atoms with Gasteiger partial charge in [-0.25, -0.2) is 0 Å². The van der Waals surface area contributed by atoms with Crippen LogP contribution in [0.25, 0.3) is 0 Å². The minimum Gasteiger partial charge on any atom is -0.383 e. The number of methoxy groups -OCH3 is 1. The molecule has 0 spiro atoms. The first-order valence-electron chi connectivity index (χ1n) is 5.95. The molecule has 0 heterocycles. The second-order valence-electron chi connectivity index (χ2n) is 4.61. The highest BCUT2D eigenvalue weighted by atomic mass is 35.5. The summed E-state index contributed by atoms with van der Waals surface area (Å²) in [4.78, 5) is 2.17. The fraction of sp³-hybridized carbons (Fsp3) is 1.00. The lowest BCUT2D eigenvalue weighted by atomic mass is 10.1. The van der Waals surface area contributed by atoms with E-state index in [1.165, 1.54) is 0 Å². The van der Waals surface area contributed by atoms with Crippen LogP contribution in [-0.2, 0) is 9.47 Å². The van der Waals surface area contributed by atoms with Crippen LogP contribution in [0, 0.1) is 5.92 Å². The van der Waals surface area contributed by atoms with Crippen LogP contribution in [0.2, 0.25) is 0 Å². The molecule has 3 nitrogen and oxygen atoms in total. The second kappa shape index (κ2) is 10.3. The molecule has 0 aliphatic heterocycles. The molecule has 0 aromatic carbocycles. The first-order chi connectivity index (χ1) is 7.56. The molecule has 0 amide bonds. The van der Waals surface area contributed by atoms with Crippen LogP contribution in [0.15, 0.2) is 0 Å². The Morgan fingerprint density at radius 2 is 1.94 bits per heavy atom. The van der Waals surface area contributed by atoms with Gasteiger partial charge in [-0.2, -0.15) is 0 Å². The lowest BCUT2D eigenvalue weighted by molar-refractivity contribution is 0.0999. The van der Waals surface area contributed by atoms with Crippen molar-refractivity contribution in [2.45, 2.75) is 25.6 Å². The van der Waals surface area contributed by atoms with Gasteiger partial charge in [-0.15, -0.1) is 11.6 Å². The van der Waals surface area contributed by atoms with E-state index in [4.69, 9.17) is 21.1 Å². The molecule has 0 aliphatic carbocycles. The first kappa shape index (κ1) is 16.2. The minimum atomic E-state index is 0.0608. The second-order valence-corrected chi connectivity index (χ2v) is 5.23. The van der Waals surface area contributed by atoms with E-state index in [1.807, 2.05) is 0 Å². The smallest absolute Gasteiger partial charge is 0.0696 e. The summed E-state index contributed by atoms with van der Waals surface area (Å²) in [6, 6.07) is 0. The lowest BCUT2D eigenvalue weighted by Gasteiger charge is -2.19. The van der Waals surface area contributed by atoms with Gasteiger partial charge in [-0.1, -0.05) is 13.8 Å². The highest BCUT2D eigenvalue weighted by Gasteiger charge is 2.07. The molecule has 98 valence electrons. The van der Waals surface area contributed by atoms with E-state index in [0.29, 0.717) is 12.5 Å². The van der Waals surface area contributed by atoms with Crippen LogP contribution in [0.3, 0.4) is 0 Å². The van der Waals surface area contributed by atoms with Crippen LogP contribution in [-0.4, -0.2) is 57.3 Å². The third kappa shape index (κ3) is 10.7. The third-order valence-electron chi connectivity index (χ3n) is 2.31. The van der Waals surface area contributed by atoms with Crippen molar-refractivity contribution in [2.75, 3.05) is 47.1 Å². The molecule has 0 fully saturated rings. The van der Waals surface area contributed by atoms with Gasteiger partial charge >= 0.3 is 0 Å². The quantitative estimate of drug-likeness (QED) is 0.439. The van der Waals surface area contributed by atoms with E-state index in [2.05, 4.69) is 25.8 Å². The van der Waals surface area contributed by atoms with Gasteiger partial charge in [0, 0.05) is 26.8 Å². The molecule has 1 unspecified atom stereocenters.